The van der Waals surface area contributed by atoms with Crippen molar-refractivity contribution in [3.8, 4) is 0 Å². The molecule has 3 aromatic rings. The summed E-state index contributed by atoms with van der Waals surface area (Å²) in [6, 6.07) is 14.3. The molecule has 2 amide bonds. The van der Waals surface area contributed by atoms with Gasteiger partial charge in [-0.2, -0.15) is 11.3 Å². The quantitative estimate of drug-likeness (QED) is 0.428. The number of anilines is 2. The van der Waals surface area contributed by atoms with E-state index in [1.165, 1.54) is 11.6 Å². The molecule has 36 heavy (non-hydrogen) atoms. The second kappa shape index (κ2) is 11.7. The van der Waals surface area contributed by atoms with Gasteiger partial charge in [0, 0.05) is 50.0 Å². The third-order valence-electron chi connectivity index (χ3n) is 6.85. The number of carbonyl (C=O) groups is 2. The number of nitrogens with zero attached hydrogens (tertiary/aromatic N) is 3. The minimum Gasteiger partial charge on any atom is -0.366 e. The molecule has 0 aliphatic carbocycles. The van der Waals surface area contributed by atoms with Crippen molar-refractivity contribution < 1.29 is 14.0 Å². The minimum absolute atomic E-state index is 0.0262. The minimum atomic E-state index is -0.792. The fraction of sp³-hybridized carbons (Fsp3) is 0.357. The van der Waals surface area contributed by atoms with Gasteiger partial charge in [-0.05, 0) is 85.5 Å². The number of primary amides is 1. The molecular formula is C28H33FN4O2S. The van der Waals surface area contributed by atoms with Crippen LogP contribution in [0.5, 0.6) is 0 Å². The number of thiophene rings is 1. The first kappa shape index (κ1) is 25.9. The summed E-state index contributed by atoms with van der Waals surface area (Å²) >= 11 is 1.70. The highest BCUT2D eigenvalue weighted by Gasteiger charge is 2.29. The van der Waals surface area contributed by atoms with Crippen molar-refractivity contribution in [2.24, 2.45) is 5.73 Å². The maximum Gasteiger partial charge on any atom is 0.253 e. The number of benzene rings is 2. The summed E-state index contributed by atoms with van der Waals surface area (Å²) < 4.78 is 15.5. The van der Waals surface area contributed by atoms with Crippen LogP contribution in [0, 0.1) is 5.82 Å². The third kappa shape index (κ3) is 5.60. The van der Waals surface area contributed by atoms with E-state index < -0.39 is 11.7 Å². The van der Waals surface area contributed by atoms with Crippen molar-refractivity contribution in [2.75, 3.05) is 31.1 Å². The van der Waals surface area contributed by atoms with E-state index in [1.54, 1.807) is 40.5 Å². The van der Waals surface area contributed by atoms with Crippen LogP contribution in [0.25, 0.3) is 0 Å². The monoisotopic (exact) mass is 508 g/mol. The number of amides is 2. The highest BCUT2D eigenvalue weighted by atomic mass is 32.1. The zero-order valence-corrected chi connectivity index (χ0v) is 21.6. The molecule has 6 nitrogen and oxygen atoms in total. The van der Waals surface area contributed by atoms with E-state index in [9.17, 15) is 9.59 Å². The number of carbonyl (C=O) groups excluding carboxylic acids is 2. The van der Waals surface area contributed by atoms with Gasteiger partial charge in [0.25, 0.3) is 11.8 Å². The first-order valence-electron chi connectivity index (χ1n) is 12.4. The Morgan fingerprint density at radius 3 is 2.33 bits per heavy atom. The summed E-state index contributed by atoms with van der Waals surface area (Å²) in [6.07, 6.45) is 1.68. The fourth-order valence-corrected chi connectivity index (χ4v) is 5.54. The van der Waals surface area contributed by atoms with Gasteiger partial charge in [-0.25, -0.2) is 4.39 Å². The van der Waals surface area contributed by atoms with E-state index in [-0.39, 0.29) is 17.5 Å². The van der Waals surface area contributed by atoms with Crippen LogP contribution >= 0.6 is 11.3 Å². The first-order valence-corrected chi connectivity index (χ1v) is 13.4. The SMILES string of the molecule is CCN(CC)C(=O)c1ccc(N(c2cccc(C(N)=O)c2F)C2CCN(Cc3ccsc3)CC2)cc1. The second-order valence-electron chi connectivity index (χ2n) is 9.04. The van der Waals surface area contributed by atoms with E-state index in [4.69, 9.17) is 5.73 Å². The van der Waals surface area contributed by atoms with Crippen LogP contribution in [0.3, 0.4) is 0 Å². The predicted octanol–water partition coefficient (Wildman–Crippen LogP) is 5.27. The van der Waals surface area contributed by atoms with Crippen LogP contribution in [0.1, 0.15) is 53.0 Å². The molecule has 2 aromatic carbocycles. The summed E-state index contributed by atoms with van der Waals surface area (Å²) in [4.78, 5) is 30.8. The fourth-order valence-electron chi connectivity index (χ4n) is 4.88. The molecule has 0 radical (unpaired) electrons. The maximum atomic E-state index is 15.5. The summed E-state index contributed by atoms with van der Waals surface area (Å²) in [5.41, 5.74) is 8.33. The normalized spacial score (nSPS) is 14.5. The van der Waals surface area contributed by atoms with Crippen LogP contribution in [0.4, 0.5) is 15.8 Å². The van der Waals surface area contributed by atoms with Crippen molar-refractivity contribution >= 4 is 34.5 Å². The molecule has 1 aromatic heterocycles. The smallest absolute Gasteiger partial charge is 0.253 e. The molecule has 1 fully saturated rings. The first-order chi connectivity index (χ1) is 17.4. The molecule has 0 atom stereocenters. The van der Waals surface area contributed by atoms with Gasteiger partial charge in [0.05, 0.1) is 11.3 Å². The molecule has 0 spiro atoms. The lowest BCUT2D eigenvalue weighted by atomic mass is 9.99. The summed E-state index contributed by atoms with van der Waals surface area (Å²) in [5.74, 6) is -1.43. The van der Waals surface area contributed by atoms with Crippen molar-refractivity contribution in [3.05, 3.63) is 81.8 Å². The number of nitrogens with two attached hydrogens (primary N) is 1. The van der Waals surface area contributed by atoms with E-state index in [1.807, 2.05) is 30.9 Å². The van der Waals surface area contributed by atoms with Gasteiger partial charge in [-0.1, -0.05) is 6.07 Å². The Bertz CT molecular complexity index is 1170. The van der Waals surface area contributed by atoms with Crippen LogP contribution in [-0.2, 0) is 6.54 Å². The molecule has 1 saturated heterocycles. The molecule has 8 heteroatoms. The molecule has 4 rings (SSSR count). The zero-order chi connectivity index (χ0) is 25.7. The van der Waals surface area contributed by atoms with Gasteiger partial charge in [-0.15, -0.1) is 0 Å². The average Bonchev–Trinajstić information content (AvgIpc) is 3.40. The van der Waals surface area contributed by atoms with E-state index in [0.717, 1.165) is 38.2 Å². The molecule has 0 bridgehead atoms. The lowest BCUT2D eigenvalue weighted by Crippen LogP contribution is -2.43. The van der Waals surface area contributed by atoms with Crippen LogP contribution in [-0.4, -0.2) is 53.8 Å². The molecule has 1 aliphatic heterocycles. The maximum absolute atomic E-state index is 15.5. The Balaban J connectivity index is 1.63. The molecule has 0 unspecified atom stereocenters. The highest BCUT2D eigenvalue weighted by Crippen LogP contribution is 2.35. The van der Waals surface area contributed by atoms with Gasteiger partial charge in [-0.3, -0.25) is 14.5 Å². The van der Waals surface area contributed by atoms with E-state index >= 15 is 4.39 Å². The van der Waals surface area contributed by atoms with Crippen molar-refractivity contribution in [1.82, 2.24) is 9.80 Å². The molecule has 2 heterocycles. The van der Waals surface area contributed by atoms with Crippen molar-refractivity contribution in [2.45, 2.75) is 39.3 Å². The standard InChI is InChI=1S/C28H33FN4O2S/c1-3-32(4-2)28(35)21-8-10-22(11-9-21)33(25-7-5-6-24(26(25)29)27(30)34)23-12-15-31(16-13-23)18-20-14-17-36-19-20/h5-11,14,17,19,23H,3-4,12-13,15-16,18H2,1-2H3,(H2,30,34). The summed E-state index contributed by atoms with van der Waals surface area (Å²) in [5, 5.41) is 4.26. The lowest BCUT2D eigenvalue weighted by molar-refractivity contribution is 0.0772. The number of hydrogen-bond donors (Lipinski definition) is 1. The number of piperidine rings is 1. The number of rotatable bonds is 9. The number of likely N-dealkylation sites (tertiary alicyclic amines) is 1. The molecule has 0 saturated carbocycles. The van der Waals surface area contributed by atoms with Crippen LogP contribution in [0.15, 0.2) is 59.3 Å². The molecular weight excluding hydrogens is 475 g/mol. The van der Waals surface area contributed by atoms with Crippen LogP contribution < -0.4 is 10.6 Å². The van der Waals surface area contributed by atoms with Crippen LogP contribution in [0.2, 0.25) is 0 Å². The average molecular weight is 509 g/mol. The Morgan fingerprint density at radius 1 is 1.06 bits per heavy atom. The Morgan fingerprint density at radius 2 is 1.75 bits per heavy atom. The van der Waals surface area contributed by atoms with Gasteiger partial charge in [0.1, 0.15) is 0 Å². The zero-order valence-electron chi connectivity index (χ0n) is 20.8. The van der Waals surface area contributed by atoms with Gasteiger partial charge in [0.2, 0.25) is 0 Å². The third-order valence-corrected chi connectivity index (χ3v) is 7.59. The highest BCUT2D eigenvalue weighted by molar-refractivity contribution is 7.07. The molecule has 1 aliphatic rings. The summed E-state index contributed by atoms with van der Waals surface area (Å²) in [6.45, 7) is 7.85. The Labute approximate surface area is 216 Å². The topological polar surface area (TPSA) is 69.9 Å². The van der Waals surface area contributed by atoms with Crippen molar-refractivity contribution in [3.63, 3.8) is 0 Å². The predicted molar refractivity (Wildman–Crippen MR) is 143 cm³/mol. The second-order valence-corrected chi connectivity index (χ2v) is 9.82. The van der Waals surface area contributed by atoms with Crippen molar-refractivity contribution in [1.29, 1.82) is 0 Å². The molecule has 190 valence electrons. The lowest BCUT2D eigenvalue weighted by Gasteiger charge is -2.40. The van der Waals surface area contributed by atoms with Gasteiger partial charge >= 0.3 is 0 Å². The Kier molecular flexibility index (Phi) is 8.38. The molecule has 2 N–H and O–H groups in total. The van der Waals surface area contributed by atoms with E-state index in [0.29, 0.717) is 24.3 Å². The summed E-state index contributed by atoms with van der Waals surface area (Å²) in [7, 11) is 0. The Hall–Kier alpha value is -3.23. The number of hydrogen-bond acceptors (Lipinski definition) is 5. The van der Waals surface area contributed by atoms with Gasteiger partial charge < -0.3 is 15.5 Å². The van der Waals surface area contributed by atoms with Gasteiger partial charge in [0.15, 0.2) is 5.82 Å². The largest absolute Gasteiger partial charge is 0.366 e. The number of halogens is 1. The van der Waals surface area contributed by atoms with E-state index in [2.05, 4.69) is 21.7 Å².